The van der Waals surface area contributed by atoms with Gasteiger partial charge < -0.3 is 15.5 Å². The van der Waals surface area contributed by atoms with Crippen molar-refractivity contribution in [2.45, 2.75) is 283 Å². The summed E-state index contributed by atoms with van der Waals surface area (Å²) in [7, 11) is 0. The van der Waals surface area contributed by atoms with E-state index in [2.05, 4.69) is 67.8 Å². The molecule has 0 saturated heterocycles. The van der Waals surface area contributed by atoms with E-state index in [0.717, 1.165) is 51.4 Å². The fourth-order valence-corrected chi connectivity index (χ4v) is 7.91. The van der Waals surface area contributed by atoms with Gasteiger partial charge in [0.1, 0.15) is 0 Å². The molecule has 0 radical (unpaired) electrons. The average Bonchev–Trinajstić information content (AvgIpc) is 3.25. The molecule has 0 heterocycles. The Balaban J connectivity index is 3.58. The summed E-state index contributed by atoms with van der Waals surface area (Å²) in [6.07, 6.45) is 72.2. The number of hydrogen-bond acceptors (Lipinski definition) is 3. The third kappa shape index (κ3) is 47.1. The number of aliphatic hydroxyl groups excluding tert-OH is 2. The van der Waals surface area contributed by atoms with Crippen LogP contribution in [0.5, 0.6) is 0 Å². The molecule has 0 fully saturated rings. The Hall–Kier alpha value is -1.91. The largest absolute Gasteiger partial charge is 0.394 e. The summed E-state index contributed by atoms with van der Waals surface area (Å²) < 4.78 is 0. The van der Waals surface area contributed by atoms with Crippen LogP contribution in [0.15, 0.2) is 60.8 Å². The summed E-state index contributed by atoms with van der Waals surface area (Å²) in [6.45, 7) is 4.30. The van der Waals surface area contributed by atoms with Gasteiger partial charge in [-0.3, -0.25) is 4.79 Å². The summed E-state index contributed by atoms with van der Waals surface area (Å²) in [5.74, 6) is -0.0804. The Morgan fingerprint density at radius 3 is 1.08 bits per heavy atom. The number of rotatable bonds is 48. The lowest BCUT2D eigenvalue weighted by Crippen LogP contribution is -2.45. The maximum absolute atomic E-state index is 12.4. The lowest BCUT2D eigenvalue weighted by atomic mass is 10.0. The standard InChI is InChI=1S/C56H103NO3/c1-3-5-7-9-11-13-15-17-19-21-23-25-27-28-30-31-33-35-37-39-41-43-45-47-49-51-55(59)54(53-58)57-56(60)52-50-48-46-44-42-40-38-36-34-32-29-26-24-22-20-18-16-14-12-10-8-6-4-2/h16,18,22,24,29,32,41,43,49,51,54-55,58-59H,3-15,17,19-21,23,25-28,30-31,33-40,42,44-48,50,52-53H2,1-2H3,(H,57,60)/b18-16-,24-22-,32-29-,43-41+,51-49+. The van der Waals surface area contributed by atoms with Gasteiger partial charge in [-0.1, -0.05) is 254 Å². The molecule has 0 aromatic carbocycles. The molecule has 350 valence electrons. The number of carbonyl (C=O) groups is 1. The molecule has 0 aliphatic heterocycles. The monoisotopic (exact) mass is 838 g/mol. The van der Waals surface area contributed by atoms with Gasteiger partial charge in [-0.15, -0.1) is 0 Å². The second-order valence-corrected chi connectivity index (χ2v) is 17.9. The van der Waals surface area contributed by atoms with Crippen LogP contribution in [0.4, 0.5) is 0 Å². The first-order chi connectivity index (χ1) is 29.7. The fourth-order valence-electron chi connectivity index (χ4n) is 7.91. The molecule has 3 N–H and O–H groups in total. The highest BCUT2D eigenvalue weighted by atomic mass is 16.3. The van der Waals surface area contributed by atoms with Gasteiger partial charge in [0.15, 0.2) is 0 Å². The van der Waals surface area contributed by atoms with Crippen LogP contribution in [0.1, 0.15) is 271 Å². The molecular weight excluding hydrogens is 735 g/mol. The Morgan fingerprint density at radius 2 is 0.700 bits per heavy atom. The summed E-state index contributed by atoms with van der Waals surface area (Å²) >= 11 is 0. The highest BCUT2D eigenvalue weighted by Crippen LogP contribution is 2.16. The topological polar surface area (TPSA) is 69.6 Å². The van der Waals surface area contributed by atoms with Gasteiger partial charge in [0.05, 0.1) is 18.8 Å². The number of hydrogen-bond donors (Lipinski definition) is 3. The lowest BCUT2D eigenvalue weighted by Gasteiger charge is -2.19. The van der Waals surface area contributed by atoms with Gasteiger partial charge >= 0.3 is 0 Å². The van der Waals surface area contributed by atoms with Gasteiger partial charge in [0.2, 0.25) is 5.91 Å². The van der Waals surface area contributed by atoms with Crippen molar-refractivity contribution in [3.05, 3.63) is 60.8 Å². The zero-order valence-electron chi connectivity index (χ0n) is 40.2. The lowest BCUT2D eigenvalue weighted by molar-refractivity contribution is -0.123. The van der Waals surface area contributed by atoms with E-state index >= 15 is 0 Å². The van der Waals surface area contributed by atoms with Crippen LogP contribution in [0, 0.1) is 0 Å². The molecule has 2 unspecified atom stereocenters. The summed E-state index contributed by atoms with van der Waals surface area (Å²) in [4.78, 5) is 12.4. The molecule has 0 aliphatic carbocycles. The quantitative estimate of drug-likeness (QED) is 0.0422. The van der Waals surface area contributed by atoms with E-state index in [9.17, 15) is 15.0 Å². The maximum Gasteiger partial charge on any atom is 0.220 e. The van der Waals surface area contributed by atoms with E-state index in [1.165, 1.54) is 199 Å². The molecule has 0 aliphatic rings. The van der Waals surface area contributed by atoms with Gasteiger partial charge in [-0.25, -0.2) is 0 Å². The molecule has 4 nitrogen and oxygen atoms in total. The number of carbonyl (C=O) groups excluding carboxylic acids is 1. The molecule has 0 aromatic heterocycles. The highest BCUT2D eigenvalue weighted by Gasteiger charge is 2.17. The van der Waals surface area contributed by atoms with Crippen molar-refractivity contribution in [1.29, 1.82) is 0 Å². The van der Waals surface area contributed by atoms with Crippen molar-refractivity contribution in [2.24, 2.45) is 0 Å². The number of nitrogens with one attached hydrogen (secondary N) is 1. The van der Waals surface area contributed by atoms with Crippen molar-refractivity contribution < 1.29 is 15.0 Å². The minimum Gasteiger partial charge on any atom is -0.394 e. The van der Waals surface area contributed by atoms with E-state index < -0.39 is 12.1 Å². The summed E-state index contributed by atoms with van der Waals surface area (Å²) in [6, 6.07) is -0.646. The zero-order valence-corrected chi connectivity index (χ0v) is 40.2. The van der Waals surface area contributed by atoms with Crippen LogP contribution in [0.2, 0.25) is 0 Å². The fraction of sp³-hybridized carbons (Fsp3) is 0.804. The van der Waals surface area contributed by atoms with Crippen molar-refractivity contribution in [2.75, 3.05) is 6.61 Å². The van der Waals surface area contributed by atoms with Gasteiger partial charge in [-0.2, -0.15) is 0 Å². The minimum absolute atomic E-state index is 0.0804. The third-order valence-corrected chi connectivity index (χ3v) is 12.0. The smallest absolute Gasteiger partial charge is 0.220 e. The van der Waals surface area contributed by atoms with E-state index in [1.807, 2.05) is 6.08 Å². The maximum atomic E-state index is 12.4. The Morgan fingerprint density at radius 1 is 0.400 bits per heavy atom. The zero-order chi connectivity index (χ0) is 43.5. The van der Waals surface area contributed by atoms with Gasteiger partial charge in [0, 0.05) is 6.42 Å². The first-order valence-electron chi connectivity index (χ1n) is 26.5. The number of aliphatic hydroxyl groups is 2. The average molecular weight is 838 g/mol. The Kier molecular flexibility index (Phi) is 49.8. The Bertz CT molecular complexity index is 996. The molecule has 0 rings (SSSR count). The van der Waals surface area contributed by atoms with Crippen LogP contribution >= 0.6 is 0 Å². The second-order valence-electron chi connectivity index (χ2n) is 17.9. The van der Waals surface area contributed by atoms with Crippen LogP contribution in [-0.2, 0) is 4.79 Å². The Labute approximate surface area is 375 Å². The van der Waals surface area contributed by atoms with Crippen molar-refractivity contribution in [1.82, 2.24) is 5.32 Å². The second kappa shape index (κ2) is 51.4. The van der Waals surface area contributed by atoms with E-state index in [1.54, 1.807) is 6.08 Å². The molecule has 60 heavy (non-hydrogen) atoms. The minimum atomic E-state index is -0.869. The van der Waals surface area contributed by atoms with Crippen LogP contribution < -0.4 is 5.32 Å². The normalized spacial score (nSPS) is 13.3. The molecule has 2 atom stereocenters. The first-order valence-corrected chi connectivity index (χ1v) is 26.5. The molecule has 0 spiro atoms. The number of unbranched alkanes of at least 4 members (excludes halogenated alkanes) is 33. The van der Waals surface area contributed by atoms with Crippen molar-refractivity contribution in [3.8, 4) is 0 Å². The number of amides is 1. The van der Waals surface area contributed by atoms with Gasteiger partial charge in [0.25, 0.3) is 0 Å². The molecule has 0 saturated carbocycles. The predicted octanol–water partition coefficient (Wildman–Crippen LogP) is 17.2. The summed E-state index contributed by atoms with van der Waals surface area (Å²) in [5.41, 5.74) is 0. The third-order valence-electron chi connectivity index (χ3n) is 12.0. The van der Waals surface area contributed by atoms with E-state index in [0.29, 0.717) is 6.42 Å². The molecule has 1 amide bonds. The SMILES string of the molecule is CCCCCCC/C=C\C/C=C\C/C=C\CCCCCCCCCCC(=O)NC(CO)C(O)/C=C/CC/C=C/CCCCCCCCCCCCCCCCCCCCC. The number of allylic oxidation sites excluding steroid dienone is 9. The van der Waals surface area contributed by atoms with Gasteiger partial charge in [-0.05, 0) is 70.6 Å². The van der Waals surface area contributed by atoms with Crippen LogP contribution in [-0.4, -0.2) is 34.9 Å². The van der Waals surface area contributed by atoms with E-state index in [-0.39, 0.29) is 12.5 Å². The summed E-state index contributed by atoms with van der Waals surface area (Å²) in [5, 5.41) is 23.1. The van der Waals surface area contributed by atoms with Crippen molar-refractivity contribution >= 4 is 5.91 Å². The molecule has 4 heteroatoms. The molecule has 0 bridgehead atoms. The van der Waals surface area contributed by atoms with Crippen LogP contribution in [0.3, 0.4) is 0 Å². The van der Waals surface area contributed by atoms with Crippen LogP contribution in [0.25, 0.3) is 0 Å². The predicted molar refractivity (Wildman–Crippen MR) is 267 cm³/mol. The van der Waals surface area contributed by atoms with E-state index in [4.69, 9.17) is 0 Å². The molecule has 0 aromatic rings. The van der Waals surface area contributed by atoms with Crippen molar-refractivity contribution in [3.63, 3.8) is 0 Å². The highest BCUT2D eigenvalue weighted by molar-refractivity contribution is 5.76. The first kappa shape index (κ1) is 58.1. The molecular formula is C56H103NO3.